The molecule has 0 saturated heterocycles. The molecule has 92 valence electrons. The lowest BCUT2D eigenvalue weighted by molar-refractivity contribution is 0.485. The lowest BCUT2D eigenvalue weighted by Gasteiger charge is -1.98. The van der Waals surface area contributed by atoms with Gasteiger partial charge in [-0.25, -0.2) is 0 Å². The molecule has 0 spiro atoms. The summed E-state index contributed by atoms with van der Waals surface area (Å²) in [5, 5.41) is 8.67. The molecule has 0 aromatic carbocycles. The number of nitrogens with zero attached hydrogens (tertiary/aromatic N) is 3. The zero-order valence-corrected chi connectivity index (χ0v) is 11.4. The molecule has 17 heavy (non-hydrogen) atoms. The first kappa shape index (κ1) is 12.6. The first-order chi connectivity index (χ1) is 7.93. The molecular formula is C8H9N3O3S3. The SMILES string of the molecule is CSc1nnc(-c2ccc(S(=O)(=O)O)s2)n1C. The van der Waals surface area contributed by atoms with Crippen molar-refractivity contribution >= 4 is 33.2 Å². The van der Waals surface area contributed by atoms with Gasteiger partial charge in [-0.15, -0.1) is 21.5 Å². The van der Waals surface area contributed by atoms with Crippen LogP contribution in [0, 0.1) is 0 Å². The smallest absolute Gasteiger partial charge is 0.304 e. The van der Waals surface area contributed by atoms with Crippen molar-refractivity contribution in [3.8, 4) is 10.7 Å². The molecule has 2 rings (SSSR count). The van der Waals surface area contributed by atoms with E-state index in [1.165, 1.54) is 17.8 Å². The van der Waals surface area contributed by atoms with E-state index in [0.717, 1.165) is 16.5 Å². The molecule has 0 saturated carbocycles. The highest BCUT2D eigenvalue weighted by molar-refractivity contribution is 7.98. The third-order valence-electron chi connectivity index (χ3n) is 2.07. The third kappa shape index (κ3) is 2.37. The van der Waals surface area contributed by atoms with Crippen LogP contribution in [0.15, 0.2) is 21.5 Å². The van der Waals surface area contributed by atoms with Crippen LogP contribution in [0.3, 0.4) is 0 Å². The Kier molecular flexibility index (Phi) is 3.25. The Morgan fingerprint density at radius 1 is 1.41 bits per heavy atom. The largest absolute Gasteiger partial charge is 0.305 e. The Labute approximate surface area is 106 Å². The van der Waals surface area contributed by atoms with Crippen molar-refractivity contribution in [1.29, 1.82) is 0 Å². The monoisotopic (exact) mass is 291 g/mol. The zero-order valence-electron chi connectivity index (χ0n) is 8.98. The topological polar surface area (TPSA) is 85.1 Å². The van der Waals surface area contributed by atoms with Gasteiger partial charge in [0.25, 0.3) is 0 Å². The molecule has 6 nitrogen and oxygen atoms in total. The fourth-order valence-corrected chi connectivity index (χ4v) is 3.46. The first-order valence-electron chi connectivity index (χ1n) is 4.44. The van der Waals surface area contributed by atoms with Crippen LogP contribution in [0.5, 0.6) is 0 Å². The van der Waals surface area contributed by atoms with E-state index >= 15 is 0 Å². The lowest BCUT2D eigenvalue weighted by Crippen LogP contribution is -1.93. The third-order valence-corrected chi connectivity index (χ3v) is 5.20. The summed E-state index contributed by atoms with van der Waals surface area (Å²) in [4.78, 5) is 0.646. The minimum Gasteiger partial charge on any atom is -0.305 e. The summed E-state index contributed by atoms with van der Waals surface area (Å²) in [5.41, 5.74) is 0. The Bertz CT molecular complexity index is 644. The maximum atomic E-state index is 10.9. The molecule has 0 radical (unpaired) electrons. The first-order valence-corrected chi connectivity index (χ1v) is 7.92. The second kappa shape index (κ2) is 4.41. The van der Waals surface area contributed by atoms with E-state index in [-0.39, 0.29) is 4.21 Å². The maximum Gasteiger partial charge on any atom is 0.304 e. The highest BCUT2D eigenvalue weighted by Crippen LogP contribution is 2.30. The van der Waals surface area contributed by atoms with Gasteiger partial charge in [-0.2, -0.15) is 8.42 Å². The van der Waals surface area contributed by atoms with Crippen molar-refractivity contribution in [2.45, 2.75) is 9.37 Å². The molecule has 2 aromatic rings. The molecule has 0 atom stereocenters. The van der Waals surface area contributed by atoms with Gasteiger partial charge in [0.2, 0.25) is 0 Å². The average molecular weight is 291 g/mol. The van der Waals surface area contributed by atoms with Gasteiger partial charge in [0, 0.05) is 7.05 Å². The van der Waals surface area contributed by atoms with Crippen LogP contribution < -0.4 is 0 Å². The number of hydrogen-bond acceptors (Lipinski definition) is 6. The maximum absolute atomic E-state index is 10.9. The zero-order chi connectivity index (χ0) is 12.6. The predicted octanol–water partition coefficient (Wildman–Crippen LogP) is 1.51. The van der Waals surface area contributed by atoms with Crippen molar-refractivity contribution < 1.29 is 13.0 Å². The summed E-state index contributed by atoms with van der Waals surface area (Å²) in [5.74, 6) is 0.578. The molecule has 2 aromatic heterocycles. The van der Waals surface area contributed by atoms with Gasteiger partial charge < -0.3 is 4.57 Å². The summed E-state index contributed by atoms with van der Waals surface area (Å²) in [6.45, 7) is 0. The van der Waals surface area contributed by atoms with Gasteiger partial charge >= 0.3 is 10.1 Å². The standard InChI is InChI=1S/C8H9N3O3S3/c1-11-7(9-10-8(11)15-2)5-3-4-6(16-5)17(12,13)14/h3-4H,1-2H3,(H,12,13,14). The van der Waals surface area contributed by atoms with Gasteiger partial charge in [0.15, 0.2) is 11.0 Å². The molecule has 9 heteroatoms. The summed E-state index contributed by atoms with van der Waals surface area (Å²) in [6, 6.07) is 2.95. The number of thiophene rings is 1. The molecule has 0 amide bonds. The van der Waals surface area contributed by atoms with Gasteiger partial charge in [-0.3, -0.25) is 4.55 Å². The second-order valence-electron chi connectivity index (χ2n) is 3.16. The Morgan fingerprint density at radius 3 is 2.59 bits per heavy atom. The highest BCUT2D eigenvalue weighted by atomic mass is 32.3. The Hall–Kier alpha value is -0.900. The van der Waals surface area contributed by atoms with Crippen LogP contribution in [0.1, 0.15) is 0 Å². The van der Waals surface area contributed by atoms with Crippen molar-refractivity contribution in [3.05, 3.63) is 12.1 Å². The quantitative estimate of drug-likeness (QED) is 0.681. The van der Waals surface area contributed by atoms with Crippen molar-refractivity contribution in [1.82, 2.24) is 14.8 Å². The number of hydrogen-bond donors (Lipinski definition) is 1. The number of thioether (sulfide) groups is 1. The van der Waals surface area contributed by atoms with E-state index in [0.29, 0.717) is 10.7 Å². The number of aromatic nitrogens is 3. The van der Waals surface area contributed by atoms with Crippen molar-refractivity contribution in [2.75, 3.05) is 6.26 Å². The second-order valence-corrected chi connectivity index (χ2v) is 6.67. The van der Waals surface area contributed by atoms with Crippen LogP contribution in [0.2, 0.25) is 0 Å². The lowest BCUT2D eigenvalue weighted by atomic mass is 10.4. The molecule has 0 unspecified atom stereocenters. The Morgan fingerprint density at radius 2 is 2.12 bits per heavy atom. The normalized spacial score (nSPS) is 11.9. The molecule has 0 aliphatic carbocycles. The van der Waals surface area contributed by atoms with Gasteiger partial charge in [0.05, 0.1) is 4.88 Å². The van der Waals surface area contributed by atoms with Crippen LogP contribution in [0.25, 0.3) is 10.7 Å². The summed E-state index contributed by atoms with van der Waals surface area (Å²) < 4.78 is 32.5. The summed E-state index contributed by atoms with van der Waals surface area (Å²) in [7, 11) is -2.35. The van der Waals surface area contributed by atoms with Crippen LogP contribution >= 0.6 is 23.1 Å². The van der Waals surface area contributed by atoms with Gasteiger partial charge in [0.1, 0.15) is 4.21 Å². The molecular weight excluding hydrogens is 282 g/mol. The van der Waals surface area contributed by atoms with Crippen molar-refractivity contribution in [2.24, 2.45) is 7.05 Å². The van der Waals surface area contributed by atoms with E-state index in [9.17, 15) is 8.42 Å². The van der Waals surface area contributed by atoms with E-state index in [4.69, 9.17) is 4.55 Å². The fraction of sp³-hybridized carbons (Fsp3) is 0.250. The summed E-state index contributed by atoms with van der Waals surface area (Å²) >= 11 is 2.41. The van der Waals surface area contributed by atoms with Gasteiger partial charge in [-0.1, -0.05) is 11.8 Å². The molecule has 0 aliphatic rings. The summed E-state index contributed by atoms with van der Waals surface area (Å²) in [6.07, 6.45) is 1.88. The molecule has 0 bridgehead atoms. The molecule has 1 N–H and O–H groups in total. The van der Waals surface area contributed by atoms with E-state index in [1.807, 2.05) is 6.26 Å². The van der Waals surface area contributed by atoms with E-state index < -0.39 is 10.1 Å². The predicted molar refractivity (Wildman–Crippen MR) is 65.9 cm³/mol. The van der Waals surface area contributed by atoms with Gasteiger partial charge in [-0.05, 0) is 18.4 Å². The van der Waals surface area contributed by atoms with Crippen LogP contribution in [-0.4, -0.2) is 34.0 Å². The highest BCUT2D eigenvalue weighted by Gasteiger charge is 2.17. The average Bonchev–Trinajstić information content (AvgIpc) is 2.82. The van der Waals surface area contributed by atoms with E-state index in [2.05, 4.69) is 10.2 Å². The van der Waals surface area contributed by atoms with E-state index in [1.54, 1.807) is 17.7 Å². The Balaban J connectivity index is 2.47. The van der Waals surface area contributed by atoms with Crippen molar-refractivity contribution in [3.63, 3.8) is 0 Å². The van der Waals surface area contributed by atoms with Crippen LogP contribution in [0.4, 0.5) is 0 Å². The minimum absolute atomic E-state index is 0.0961. The number of rotatable bonds is 3. The molecule has 0 fully saturated rings. The van der Waals surface area contributed by atoms with Crippen LogP contribution in [-0.2, 0) is 17.2 Å². The molecule has 0 aliphatic heterocycles. The fourth-order valence-electron chi connectivity index (χ4n) is 1.29. The minimum atomic E-state index is -4.15. The molecule has 2 heterocycles.